The third kappa shape index (κ3) is 3.19. The van der Waals surface area contributed by atoms with Crippen molar-refractivity contribution in [2.24, 2.45) is 5.92 Å². The van der Waals surface area contributed by atoms with Crippen molar-refractivity contribution in [1.82, 2.24) is 10.3 Å². The maximum atomic E-state index is 11.9. The van der Waals surface area contributed by atoms with Gasteiger partial charge in [-0.2, -0.15) is 0 Å². The summed E-state index contributed by atoms with van der Waals surface area (Å²) in [6.07, 6.45) is 6.53. The van der Waals surface area contributed by atoms with Gasteiger partial charge >= 0.3 is 0 Å². The van der Waals surface area contributed by atoms with Crippen LogP contribution in [0.4, 0.5) is 0 Å². The second kappa shape index (κ2) is 5.50. The van der Waals surface area contributed by atoms with E-state index in [-0.39, 0.29) is 11.9 Å². The average molecular weight is 253 g/mol. The predicted molar refractivity (Wildman–Crippen MR) is 68.1 cm³/mol. The lowest BCUT2D eigenvalue weighted by atomic mass is 10.00. The summed E-state index contributed by atoms with van der Waals surface area (Å²) in [4.78, 5) is 16.0. The molecule has 3 nitrogen and oxygen atoms in total. The van der Waals surface area contributed by atoms with Crippen LogP contribution in [0.5, 0.6) is 0 Å². The van der Waals surface area contributed by atoms with Crippen molar-refractivity contribution in [3.63, 3.8) is 0 Å². The molecule has 1 aliphatic carbocycles. The Hall–Kier alpha value is -1.09. The number of rotatable bonds is 3. The minimum absolute atomic E-state index is 0.133. The van der Waals surface area contributed by atoms with Crippen LogP contribution in [0.25, 0.3) is 0 Å². The summed E-state index contributed by atoms with van der Waals surface area (Å²) in [5.41, 5.74) is 0.391. The maximum absolute atomic E-state index is 11.9. The molecule has 1 atom stereocenters. The van der Waals surface area contributed by atoms with Crippen LogP contribution in [0.3, 0.4) is 0 Å². The SMILES string of the molecule is CC(NC(=O)c1cc(Cl)ccn1)C1CCCC1. The van der Waals surface area contributed by atoms with Crippen molar-refractivity contribution in [2.45, 2.75) is 38.6 Å². The van der Waals surface area contributed by atoms with Gasteiger partial charge in [-0.1, -0.05) is 24.4 Å². The van der Waals surface area contributed by atoms with Crippen molar-refractivity contribution in [3.05, 3.63) is 29.0 Å². The molecule has 1 aromatic heterocycles. The van der Waals surface area contributed by atoms with Crippen LogP contribution in [0.15, 0.2) is 18.3 Å². The monoisotopic (exact) mass is 252 g/mol. The number of nitrogens with one attached hydrogen (secondary N) is 1. The fourth-order valence-corrected chi connectivity index (χ4v) is 2.54. The molecular weight excluding hydrogens is 236 g/mol. The van der Waals surface area contributed by atoms with Crippen LogP contribution in [0.2, 0.25) is 5.02 Å². The number of carbonyl (C=O) groups is 1. The van der Waals surface area contributed by atoms with Gasteiger partial charge in [0.25, 0.3) is 5.91 Å². The first kappa shape index (κ1) is 12.4. The Kier molecular flexibility index (Phi) is 4.00. The number of pyridine rings is 1. The molecule has 0 aliphatic heterocycles. The summed E-state index contributed by atoms with van der Waals surface area (Å²) in [6.45, 7) is 2.07. The zero-order chi connectivity index (χ0) is 12.3. The molecule has 0 spiro atoms. The quantitative estimate of drug-likeness (QED) is 0.899. The number of hydrogen-bond donors (Lipinski definition) is 1. The van der Waals surface area contributed by atoms with E-state index < -0.39 is 0 Å². The van der Waals surface area contributed by atoms with Gasteiger partial charge in [-0.25, -0.2) is 0 Å². The fourth-order valence-electron chi connectivity index (χ4n) is 2.38. The molecule has 1 amide bonds. The van der Waals surface area contributed by atoms with E-state index in [0.29, 0.717) is 16.6 Å². The van der Waals surface area contributed by atoms with Gasteiger partial charge in [-0.05, 0) is 37.8 Å². The van der Waals surface area contributed by atoms with Gasteiger partial charge in [-0.3, -0.25) is 9.78 Å². The lowest BCUT2D eigenvalue weighted by molar-refractivity contribution is 0.0922. The minimum atomic E-state index is -0.133. The van der Waals surface area contributed by atoms with Crippen LogP contribution in [-0.4, -0.2) is 16.9 Å². The van der Waals surface area contributed by atoms with E-state index in [4.69, 9.17) is 11.6 Å². The van der Waals surface area contributed by atoms with Crippen LogP contribution >= 0.6 is 11.6 Å². The molecule has 1 aliphatic rings. The first-order valence-electron chi connectivity index (χ1n) is 6.09. The van der Waals surface area contributed by atoms with Gasteiger partial charge in [0.15, 0.2) is 0 Å². The number of nitrogens with zero attached hydrogens (tertiary/aromatic N) is 1. The molecule has 1 saturated carbocycles. The van der Waals surface area contributed by atoms with Crippen molar-refractivity contribution >= 4 is 17.5 Å². The number of aromatic nitrogens is 1. The molecule has 17 heavy (non-hydrogen) atoms. The molecule has 0 radical (unpaired) electrons. The van der Waals surface area contributed by atoms with E-state index in [1.165, 1.54) is 25.7 Å². The summed E-state index contributed by atoms with van der Waals surface area (Å²) in [5.74, 6) is 0.477. The van der Waals surface area contributed by atoms with Crippen molar-refractivity contribution in [3.8, 4) is 0 Å². The molecule has 0 saturated heterocycles. The Morgan fingerprint density at radius 3 is 2.88 bits per heavy atom. The first-order valence-corrected chi connectivity index (χ1v) is 6.47. The number of carbonyl (C=O) groups excluding carboxylic acids is 1. The highest BCUT2D eigenvalue weighted by atomic mass is 35.5. The molecule has 1 heterocycles. The molecule has 1 unspecified atom stereocenters. The van der Waals surface area contributed by atoms with Crippen molar-refractivity contribution < 1.29 is 4.79 Å². The maximum Gasteiger partial charge on any atom is 0.270 e. The van der Waals surface area contributed by atoms with Gasteiger partial charge in [0, 0.05) is 17.3 Å². The van der Waals surface area contributed by atoms with Gasteiger partial charge in [0.2, 0.25) is 0 Å². The van der Waals surface area contributed by atoms with E-state index in [2.05, 4.69) is 17.2 Å². The predicted octanol–water partition coefficient (Wildman–Crippen LogP) is 3.04. The van der Waals surface area contributed by atoms with E-state index in [0.717, 1.165) is 0 Å². The molecule has 92 valence electrons. The van der Waals surface area contributed by atoms with E-state index in [1.807, 2.05) is 0 Å². The van der Waals surface area contributed by atoms with Gasteiger partial charge in [0.05, 0.1) is 0 Å². The molecule has 0 bridgehead atoms. The highest BCUT2D eigenvalue weighted by Gasteiger charge is 2.23. The normalized spacial score (nSPS) is 18.0. The molecular formula is C13H17ClN2O. The Balaban J connectivity index is 1.96. The van der Waals surface area contributed by atoms with Crippen molar-refractivity contribution in [2.75, 3.05) is 0 Å². The summed E-state index contributed by atoms with van der Waals surface area (Å²) < 4.78 is 0. The van der Waals surface area contributed by atoms with Crippen LogP contribution in [0.1, 0.15) is 43.1 Å². The molecule has 1 fully saturated rings. The average Bonchev–Trinajstić information content (AvgIpc) is 2.82. The molecule has 0 aromatic carbocycles. The Morgan fingerprint density at radius 1 is 1.53 bits per heavy atom. The molecule has 1 aromatic rings. The van der Waals surface area contributed by atoms with Crippen LogP contribution < -0.4 is 5.32 Å². The number of hydrogen-bond acceptors (Lipinski definition) is 2. The topological polar surface area (TPSA) is 42.0 Å². The second-order valence-electron chi connectivity index (χ2n) is 4.67. The fraction of sp³-hybridized carbons (Fsp3) is 0.538. The second-order valence-corrected chi connectivity index (χ2v) is 5.10. The third-order valence-corrected chi connectivity index (χ3v) is 3.66. The number of halogens is 1. The van der Waals surface area contributed by atoms with E-state index in [1.54, 1.807) is 18.3 Å². The zero-order valence-electron chi connectivity index (χ0n) is 9.95. The Morgan fingerprint density at radius 2 is 2.24 bits per heavy atom. The van der Waals surface area contributed by atoms with E-state index in [9.17, 15) is 4.79 Å². The first-order chi connectivity index (χ1) is 8.16. The number of amides is 1. The molecule has 2 rings (SSSR count). The van der Waals surface area contributed by atoms with Gasteiger partial charge < -0.3 is 5.32 Å². The van der Waals surface area contributed by atoms with Crippen LogP contribution in [0, 0.1) is 5.92 Å². The Labute approximate surface area is 107 Å². The smallest absolute Gasteiger partial charge is 0.270 e. The highest BCUT2D eigenvalue weighted by molar-refractivity contribution is 6.30. The largest absolute Gasteiger partial charge is 0.348 e. The standard InChI is InChI=1S/C13H17ClN2O/c1-9(10-4-2-3-5-10)16-13(17)12-8-11(14)6-7-15-12/h6-10H,2-5H2,1H3,(H,16,17). The van der Waals surface area contributed by atoms with Gasteiger partial charge in [0.1, 0.15) is 5.69 Å². The minimum Gasteiger partial charge on any atom is -0.348 e. The summed E-state index contributed by atoms with van der Waals surface area (Å²) in [7, 11) is 0. The highest BCUT2D eigenvalue weighted by Crippen LogP contribution is 2.27. The molecule has 4 heteroatoms. The van der Waals surface area contributed by atoms with Crippen molar-refractivity contribution in [1.29, 1.82) is 0 Å². The molecule has 1 N–H and O–H groups in total. The lowest BCUT2D eigenvalue weighted by Crippen LogP contribution is -2.37. The van der Waals surface area contributed by atoms with Crippen LogP contribution in [-0.2, 0) is 0 Å². The third-order valence-electron chi connectivity index (χ3n) is 3.42. The zero-order valence-corrected chi connectivity index (χ0v) is 10.7. The lowest BCUT2D eigenvalue weighted by Gasteiger charge is -2.20. The van der Waals surface area contributed by atoms with E-state index >= 15 is 0 Å². The Bertz CT molecular complexity index is 402. The summed E-state index contributed by atoms with van der Waals surface area (Å²) in [5, 5.41) is 3.55. The van der Waals surface area contributed by atoms with Gasteiger partial charge in [-0.15, -0.1) is 0 Å². The summed E-state index contributed by atoms with van der Waals surface area (Å²) in [6, 6.07) is 3.47. The summed E-state index contributed by atoms with van der Waals surface area (Å²) >= 11 is 5.83.